The minimum atomic E-state index is -1.31. The average molecular weight is 545 g/mol. The smallest absolute Gasteiger partial charge is 0.411 e. The summed E-state index contributed by atoms with van der Waals surface area (Å²) in [6.07, 6.45) is 2.78. The highest BCUT2D eigenvalue weighted by Crippen LogP contribution is 2.42. The molecule has 2 aliphatic rings. The molecule has 1 aliphatic carbocycles. The van der Waals surface area contributed by atoms with Gasteiger partial charge in [0.15, 0.2) is 0 Å². The number of nitriles is 2. The van der Waals surface area contributed by atoms with E-state index in [9.17, 15) is 14.9 Å². The lowest BCUT2D eigenvalue weighted by Gasteiger charge is -2.34. The third-order valence-electron chi connectivity index (χ3n) is 7.56. The number of nitrogens with one attached hydrogen (secondary N) is 1. The van der Waals surface area contributed by atoms with Crippen LogP contribution in [0.5, 0.6) is 0 Å². The summed E-state index contributed by atoms with van der Waals surface area (Å²) in [5.74, 6) is -0.656. The summed E-state index contributed by atoms with van der Waals surface area (Å²) < 4.78 is 20.9. The van der Waals surface area contributed by atoms with E-state index in [1.807, 2.05) is 6.55 Å². The molecule has 0 spiro atoms. The van der Waals surface area contributed by atoms with E-state index in [4.69, 9.17) is 10.00 Å². The second-order valence-corrected chi connectivity index (χ2v) is 12.7. The molecule has 2 aromatic rings. The number of hydrogen-bond acceptors (Lipinski definition) is 5. The van der Waals surface area contributed by atoms with E-state index in [-0.39, 0.29) is 27.9 Å². The number of rotatable bonds is 6. The molecule has 9 heteroatoms. The summed E-state index contributed by atoms with van der Waals surface area (Å²) in [6, 6.07) is 15.2. The van der Waals surface area contributed by atoms with Crippen LogP contribution in [-0.2, 0) is 16.0 Å². The molecule has 0 bridgehead atoms. The minimum Gasteiger partial charge on any atom is -0.444 e. The third-order valence-corrected chi connectivity index (χ3v) is 8.82. The fourth-order valence-electron chi connectivity index (χ4n) is 5.61. The van der Waals surface area contributed by atoms with Gasteiger partial charge in [-0.1, -0.05) is 37.2 Å². The predicted molar refractivity (Wildman–Crippen MR) is 146 cm³/mol. The molecular formula is C30H33FN4O3Si. The summed E-state index contributed by atoms with van der Waals surface area (Å²) in [4.78, 5) is 28.3. The maximum atomic E-state index is 15.3. The molecule has 1 aliphatic heterocycles. The number of benzene rings is 2. The van der Waals surface area contributed by atoms with Gasteiger partial charge in [0, 0.05) is 12.5 Å². The van der Waals surface area contributed by atoms with Crippen LogP contribution < -0.4 is 5.32 Å². The highest BCUT2D eigenvalue weighted by Gasteiger charge is 2.51. The maximum Gasteiger partial charge on any atom is 0.411 e. The molecule has 2 amide bonds. The number of carbonyl (C=O) groups excluding carboxylic acids is 2. The number of fused-ring (bicyclic) bond motifs is 1. The van der Waals surface area contributed by atoms with E-state index in [0.29, 0.717) is 23.1 Å². The van der Waals surface area contributed by atoms with Crippen molar-refractivity contribution >= 4 is 21.5 Å². The molecular weight excluding hydrogens is 511 g/mol. The van der Waals surface area contributed by atoms with Gasteiger partial charge in [-0.25, -0.2) is 9.18 Å². The molecule has 0 aromatic heterocycles. The first-order chi connectivity index (χ1) is 18.5. The number of nitrogens with zero attached hydrogens (tertiary/aromatic N) is 3. The number of carbonyl (C=O) groups is 2. The highest BCUT2D eigenvalue weighted by molar-refractivity contribution is 6.40. The van der Waals surface area contributed by atoms with Crippen LogP contribution in [0.4, 0.5) is 9.18 Å². The van der Waals surface area contributed by atoms with Crippen molar-refractivity contribution < 1.29 is 18.7 Å². The Balaban J connectivity index is 1.54. The molecule has 0 unspecified atom stereocenters. The van der Waals surface area contributed by atoms with Gasteiger partial charge in [0.05, 0.1) is 27.2 Å². The Hall–Kier alpha value is -3.69. The summed E-state index contributed by atoms with van der Waals surface area (Å²) in [7, 11) is -0.0269. The quantitative estimate of drug-likeness (QED) is 0.505. The molecule has 1 N–H and O–H groups in total. The van der Waals surface area contributed by atoms with Crippen molar-refractivity contribution in [2.24, 2.45) is 5.92 Å². The van der Waals surface area contributed by atoms with E-state index < -0.39 is 34.6 Å². The van der Waals surface area contributed by atoms with E-state index in [0.717, 1.165) is 24.8 Å². The van der Waals surface area contributed by atoms with Crippen LogP contribution >= 0.6 is 0 Å². The fraction of sp³-hybridized carbons (Fsp3) is 0.467. The molecule has 1 heterocycles. The van der Waals surface area contributed by atoms with Crippen LogP contribution in [0.25, 0.3) is 11.1 Å². The number of ether oxygens (including phenoxy) is 1. The number of halogens is 1. The molecule has 4 atom stereocenters. The van der Waals surface area contributed by atoms with Crippen LogP contribution in [-0.4, -0.2) is 49.3 Å². The summed E-state index contributed by atoms with van der Waals surface area (Å²) in [5, 5.41) is 20.8. The second kappa shape index (κ2) is 11.2. The topological polar surface area (TPSA) is 106 Å². The maximum absolute atomic E-state index is 15.3. The van der Waals surface area contributed by atoms with Crippen molar-refractivity contribution in [2.45, 2.75) is 82.3 Å². The third kappa shape index (κ3) is 6.15. The summed E-state index contributed by atoms with van der Waals surface area (Å²) >= 11 is 0. The Labute approximate surface area is 231 Å². The SMILES string of the molecule is C[Si][C@](C#N)(Cc1ccc(-c2ccc(C#N)cc2)cc1F)NC(=O)[C@@H]1C[C@@H]2CCC[C@@H]2N1C(=O)OC(C)(C)C. The summed E-state index contributed by atoms with van der Waals surface area (Å²) in [6.45, 7) is 7.19. The largest absolute Gasteiger partial charge is 0.444 e. The van der Waals surface area contributed by atoms with E-state index in [1.165, 1.54) is 6.07 Å². The van der Waals surface area contributed by atoms with Crippen molar-refractivity contribution in [3.63, 3.8) is 0 Å². The van der Waals surface area contributed by atoms with Gasteiger partial charge in [0.2, 0.25) is 5.91 Å². The van der Waals surface area contributed by atoms with Gasteiger partial charge in [-0.15, -0.1) is 0 Å². The van der Waals surface area contributed by atoms with Gasteiger partial charge >= 0.3 is 6.09 Å². The van der Waals surface area contributed by atoms with Crippen LogP contribution in [0.15, 0.2) is 42.5 Å². The lowest BCUT2D eigenvalue weighted by molar-refractivity contribution is -0.126. The molecule has 2 radical (unpaired) electrons. The lowest BCUT2D eigenvalue weighted by atomic mass is 9.98. The van der Waals surface area contributed by atoms with Gasteiger partial charge in [0.1, 0.15) is 22.6 Å². The molecule has 202 valence electrons. The zero-order chi connectivity index (χ0) is 28.4. The second-order valence-electron chi connectivity index (χ2n) is 11.3. The number of amides is 2. The molecule has 1 saturated carbocycles. The predicted octanol–water partition coefficient (Wildman–Crippen LogP) is 5.17. The van der Waals surface area contributed by atoms with Crippen LogP contribution in [0.2, 0.25) is 6.55 Å². The van der Waals surface area contributed by atoms with Gasteiger partial charge in [-0.05, 0) is 80.8 Å². The first-order valence-corrected chi connectivity index (χ1v) is 14.7. The van der Waals surface area contributed by atoms with Crippen molar-refractivity contribution in [1.29, 1.82) is 10.5 Å². The first-order valence-electron chi connectivity index (χ1n) is 13.2. The Kier molecular flexibility index (Phi) is 8.13. The minimum absolute atomic E-state index is 0.00428. The first kappa shape index (κ1) is 28.3. The Bertz CT molecular complexity index is 1330. The van der Waals surface area contributed by atoms with Crippen molar-refractivity contribution in [1.82, 2.24) is 10.2 Å². The van der Waals surface area contributed by atoms with Gasteiger partial charge in [0.25, 0.3) is 0 Å². The van der Waals surface area contributed by atoms with E-state index in [1.54, 1.807) is 62.1 Å². The molecule has 39 heavy (non-hydrogen) atoms. The highest BCUT2D eigenvalue weighted by atomic mass is 28.2. The van der Waals surface area contributed by atoms with Gasteiger partial charge in [-0.3, -0.25) is 9.69 Å². The Morgan fingerprint density at radius 2 is 1.82 bits per heavy atom. The normalized spacial score (nSPS) is 21.8. The monoisotopic (exact) mass is 544 g/mol. The standard InChI is InChI=1S/C30H33FN4O3Si/c1-29(2,3)38-28(37)35-25-7-5-6-22(25)15-26(35)27(36)34-30(18-33,39-4)16-23-13-12-21(14-24(23)31)20-10-8-19(17-32)9-11-20/h8-14,22,25-26H,5-7,15-16H2,1-4H3,(H,34,36)/t22-,25-,26-,30-/m0/s1. The number of likely N-dealkylation sites (tertiary alicyclic amines) is 1. The number of hydrogen-bond donors (Lipinski definition) is 1. The van der Waals surface area contributed by atoms with E-state index in [2.05, 4.69) is 17.5 Å². The average Bonchev–Trinajstić information content (AvgIpc) is 3.50. The van der Waals surface area contributed by atoms with Crippen molar-refractivity contribution in [3.05, 3.63) is 59.4 Å². The fourth-order valence-corrected chi connectivity index (χ4v) is 6.33. The van der Waals surface area contributed by atoms with Crippen LogP contribution in [0, 0.1) is 34.4 Å². The zero-order valence-corrected chi connectivity index (χ0v) is 23.8. The zero-order valence-electron chi connectivity index (χ0n) is 22.8. The van der Waals surface area contributed by atoms with E-state index >= 15 is 4.39 Å². The molecule has 2 fully saturated rings. The van der Waals surface area contributed by atoms with Crippen LogP contribution in [0.3, 0.4) is 0 Å². The lowest BCUT2D eigenvalue weighted by Crippen LogP contribution is -2.59. The van der Waals surface area contributed by atoms with Crippen LogP contribution in [0.1, 0.15) is 57.6 Å². The molecule has 4 rings (SSSR count). The Morgan fingerprint density at radius 1 is 1.13 bits per heavy atom. The van der Waals surface area contributed by atoms with Gasteiger partial charge < -0.3 is 10.1 Å². The van der Waals surface area contributed by atoms with Crippen molar-refractivity contribution in [3.8, 4) is 23.3 Å². The Morgan fingerprint density at radius 3 is 2.41 bits per heavy atom. The molecule has 1 saturated heterocycles. The van der Waals surface area contributed by atoms with Crippen molar-refractivity contribution in [2.75, 3.05) is 0 Å². The summed E-state index contributed by atoms with van der Waals surface area (Å²) in [5.41, 5.74) is 1.56. The molecule has 7 nitrogen and oxygen atoms in total. The van der Waals surface area contributed by atoms with Gasteiger partial charge in [-0.2, -0.15) is 10.5 Å². The molecule has 2 aromatic carbocycles.